The molecule has 0 aliphatic heterocycles. The Morgan fingerprint density at radius 3 is 2.33 bits per heavy atom. The third-order valence-electron chi connectivity index (χ3n) is 3.90. The van der Waals surface area contributed by atoms with Gasteiger partial charge in [-0.15, -0.1) is 0 Å². The SMILES string of the molecule is CC(NS(=O)(=O)Cc1ccc(F)cc1)c1ccc2ccccc2c1. The molecule has 1 unspecified atom stereocenters. The van der Waals surface area contributed by atoms with E-state index < -0.39 is 10.0 Å². The summed E-state index contributed by atoms with van der Waals surface area (Å²) in [7, 11) is -3.52. The minimum atomic E-state index is -3.52. The summed E-state index contributed by atoms with van der Waals surface area (Å²) in [4.78, 5) is 0. The summed E-state index contributed by atoms with van der Waals surface area (Å²) in [6.45, 7) is 1.81. The first kappa shape index (κ1) is 16.6. The summed E-state index contributed by atoms with van der Waals surface area (Å²) in [5.41, 5.74) is 1.45. The Balaban J connectivity index is 1.76. The third-order valence-corrected chi connectivity index (χ3v) is 5.33. The van der Waals surface area contributed by atoms with Crippen molar-refractivity contribution in [1.29, 1.82) is 0 Å². The molecule has 0 aromatic heterocycles. The summed E-state index contributed by atoms with van der Waals surface area (Å²) >= 11 is 0. The molecule has 3 rings (SSSR count). The molecule has 124 valence electrons. The zero-order chi connectivity index (χ0) is 17.2. The van der Waals surface area contributed by atoms with Gasteiger partial charge in [-0.1, -0.05) is 48.5 Å². The molecular weight excluding hydrogens is 325 g/mol. The van der Waals surface area contributed by atoms with Gasteiger partial charge >= 0.3 is 0 Å². The fourth-order valence-electron chi connectivity index (χ4n) is 2.66. The Bertz CT molecular complexity index is 953. The molecule has 0 saturated heterocycles. The molecule has 0 aliphatic rings. The van der Waals surface area contributed by atoms with Crippen LogP contribution in [-0.2, 0) is 15.8 Å². The fourth-order valence-corrected chi connectivity index (χ4v) is 4.05. The maximum Gasteiger partial charge on any atom is 0.216 e. The number of hydrogen-bond donors (Lipinski definition) is 1. The first-order valence-electron chi connectivity index (χ1n) is 7.66. The van der Waals surface area contributed by atoms with Gasteiger partial charge in [0.25, 0.3) is 0 Å². The quantitative estimate of drug-likeness (QED) is 0.756. The normalized spacial score (nSPS) is 13.1. The molecule has 0 heterocycles. The van der Waals surface area contributed by atoms with Crippen molar-refractivity contribution in [3.63, 3.8) is 0 Å². The van der Waals surface area contributed by atoms with E-state index in [-0.39, 0.29) is 17.6 Å². The fraction of sp³-hybridized carbons (Fsp3) is 0.158. The average molecular weight is 343 g/mol. The van der Waals surface area contributed by atoms with Gasteiger partial charge in [0.1, 0.15) is 5.82 Å². The smallest absolute Gasteiger partial charge is 0.212 e. The highest BCUT2D eigenvalue weighted by atomic mass is 32.2. The lowest BCUT2D eigenvalue weighted by Crippen LogP contribution is -2.28. The van der Waals surface area contributed by atoms with Crippen LogP contribution in [0.1, 0.15) is 24.1 Å². The lowest BCUT2D eigenvalue weighted by Gasteiger charge is -2.15. The highest BCUT2D eigenvalue weighted by molar-refractivity contribution is 7.88. The van der Waals surface area contributed by atoms with E-state index in [2.05, 4.69) is 4.72 Å². The van der Waals surface area contributed by atoms with Crippen molar-refractivity contribution in [1.82, 2.24) is 4.72 Å². The Labute approximate surface area is 141 Å². The van der Waals surface area contributed by atoms with Crippen molar-refractivity contribution in [2.24, 2.45) is 0 Å². The van der Waals surface area contributed by atoms with E-state index in [1.807, 2.05) is 49.4 Å². The molecule has 3 aromatic carbocycles. The molecule has 3 aromatic rings. The van der Waals surface area contributed by atoms with Crippen molar-refractivity contribution in [2.75, 3.05) is 0 Å². The van der Waals surface area contributed by atoms with Gasteiger partial charge in [0.15, 0.2) is 0 Å². The molecule has 0 radical (unpaired) electrons. The van der Waals surface area contributed by atoms with Crippen LogP contribution in [0.15, 0.2) is 66.7 Å². The number of fused-ring (bicyclic) bond motifs is 1. The zero-order valence-corrected chi connectivity index (χ0v) is 14.1. The lowest BCUT2D eigenvalue weighted by atomic mass is 10.0. The van der Waals surface area contributed by atoms with Gasteiger partial charge in [-0.05, 0) is 47.0 Å². The Hall–Kier alpha value is -2.24. The van der Waals surface area contributed by atoms with Crippen molar-refractivity contribution >= 4 is 20.8 Å². The van der Waals surface area contributed by atoms with Crippen LogP contribution in [0.3, 0.4) is 0 Å². The number of nitrogens with one attached hydrogen (secondary N) is 1. The van der Waals surface area contributed by atoms with Crippen LogP contribution in [0.25, 0.3) is 10.8 Å². The van der Waals surface area contributed by atoms with Crippen LogP contribution in [0, 0.1) is 5.82 Å². The van der Waals surface area contributed by atoms with E-state index in [4.69, 9.17) is 0 Å². The highest BCUT2D eigenvalue weighted by Crippen LogP contribution is 2.21. The van der Waals surface area contributed by atoms with Gasteiger partial charge < -0.3 is 0 Å². The summed E-state index contributed by atoms with van der Waals surface area (Å²) < 4.78 is 40.2. The van der Waals surface area contributed by atoms with Crippen molar-refractivity contribution < 1.29 is 12.8 Å². The standard InChI is InChI=1S/C19H18FNO2S/c1-14(17-9-8-16-4-2-3-5-18(16)12-17)21-24(22,23)13-15-6-10-19(20)11-7-15/h2-12,14,21H,13H2,1H3. The lowest BCUT2D eigenvalue weighted by molar-refractivity contribution is 0.566. The maximum absolute atomic E-state index is 12.9. The Morgan fingerprint density at radius 1 is 0.958 bits per heavy atom. The molecule has 0 fully saturated rings. The van der Waals surface area contributed by atoms with E-state index >= 15 is 0 Å². The average Bonchev–Trinajstić information content (AvgIpc) is 2.56. The van der Waals surface area contributed by atoms with Gasteiger partial charge in [-0.2, -0.15) is 0 Å². The van der Waals surface area contributed by atoms with E-state index in [1.165, 1.54) is 24.3 Å². The predicted octanol–water partition coefficient (Wildman–Crippen LogP) is 4.16. The Morgan fingerprint density at radius 2 is 1.62 bits per heavy atom. The minimum absolute atomic E-state index is 0.175. The zero-order valence-electron chi connectivity index (χ0n) is 13.2. The van der Waals surface area contributed by atoms with Gasteiger partial charge in [0.05, 0.1) is 5.75 Å². The van der Waals surface area contributed by atoms with Gasteiger partial charge in [-0.3, -0.25) is 0 Å². The van der Waals surface area contributed by atoms with Crippen LogP contribution < -0.4 is 4.72 Å². The maximum atomic E-state index is 12.9. The number of benzene rings is 3. The number of sulfonamides is 1. The minimum Gasteiger partial charge on any atom is -0.212 e. The topological polar surface area (TPSA) is 46.2 Å². The summed E-state index contributed by atoms with van der Waals surface area (Å²) in [6.07, 6.45) is 0. The summed E-state index contributed by atoms with van der Waals surface area (Å²) in [6, 6.07) is 19.0. The molecule has 1 atom stereocenters. The second kappa shape index (κ2) is 6.71. The molecular formula is C19H18FNO2S. The van der Waals surface area contributed by atoms with Gasteiger partial charge in [0, 0.05) is 6.04 Å². The van der Waals surface area contributed by atoms with Crippen LogP contribution in [0.2, 0.25) is 0 Å². The van der Waals surface area contributed by atoms with E-state index in [0.29, 0.717) is 5.56 Å². The molecule has 0 saturated carbocycles. The third kappa shape index (κ3) is 3.99. The first-order valence-corrected chi connectivity index (χ1v) is 9.31. The van der Waals surface area contributed by atoms with Crippen molar-refractivity contribution in [3.05, 3.63) is 83.7 Å². The molecule has 0 amide bonds. The highest BCUT2D eigenvalue weighted by Gasteiger charge is 2.17. The molecule has 1 N–H and O–H groups in total. The largest absolute Gasteiger partial charge is 0.216 e. The molecule has 0 aliphatic carbocycles. The van der Waals surface area contributed by atoms with Crippen LogP contribution in [0.5, 0.6) is 0 Å². The second-order valence-electron chi connectivity index (χ2n) is 5.83. The number of halogens is 1. The van der Waals surface area contributed by atoms with Crippen LogP contribution in [0.4, 0.5) is 4.39 Å². The molecule has 24 heavy (non-hydrogen) atoms. The molecule has 0 spiro atoms. The number of hydrogen-bond acceptors (Lipinski definition) is 2. The molecule has 0 bridgehead atoms. The monoisotopic (exact) mass is 343 g/mol. The Kier molecular flexibility index (Phi) is 4.64. The van der Waals surface area contributed by atoms with E-state index in [0.717, 1.165) is 16.3 Å². The van der Waals surface area contributed by atoms with Gasteiger partial charge in [0.2, 0.25) is 10.0 Å². The second-order valence-corrected chi connectivity index (χ2v) is 7.59. The van der Waals surface area contributed by atoms with E-state index in [1.54, 1.807) is 0 Å². The van der Waals surface area contributed by atoms with Crippen LogP contribution >= 0.6 is 0 Å². The van der Waals surface area contributed by atoms with E-state index in [9.17, 15) is 12.8 Å². The van der Waals surface area contributed by atoms with Crippen molar-refractivity contribution in [3.8, 4) is 0 Å². The predicted molar refractivity (Wildman–Crippen MR) is 94.5 cm³/mol. The first-order chi connectivity index (χ1) is 11.4. The van der Waals surface area contributed by atoms with Crippen molar-refractivity contribution in [2.45, 2.75) is 18.7 Å². The molecule has 5 heteroatoms. The summed E-state index contributed by atoms with van der Waals surface area (Å²) in [5, 5.41) is 2.18. The number of rotatable bonds is 5. The molecule has 3 nitrogen and oxygen atoms in total. The van der Waals surface area contributed by atoms with Gasteiger partial charge in [-0.25, -0.2) is 17.5 Å². The summed E-state index contributed by atoms with van der Waals surface area (Å²) in [5.74, 6) is -0.556. The van der Waals surface area contributed by atoms with Crippen LogP contribution in [-0.4, -0.2) is 8.42 Å².